The number of phenolic OH excluding ortho intramolecular Hbond substituents is 1. The van der Waals surface area contributed by atoms with E-state index in [2.05, 4.69) is 46.0 Å². The first-order valence-electron chi connectivity index (χ1n) is 9.16. The van der Waals surface area contributed by atoms with Gasteiger partial charge in [-0.3, -0.25) is 0 Å². The van der Waals surface area contributed by atoms with Gasteiger partial charge in [0.1, 0.15) is 11.4 Å². The molecule has 1 fully saturated rings. The molecule has 134 valence electrons. The number of aromatic nitrogens is 2. The van der Waals surface area contributed by atoms with Crippen molar-refractivity contribution in [3.63, 3.8) is 0 Å². The molecule has 1 atom stereocenters. The molecule has 1 aliphatic rings. The van der Waals surface area contributed by atoms with Gasteiger partial charge in [-0.15, -0.1) is 10.2 Å². The maximum Gasteiger partial charge on any atom is 0.156 e. The van der Waals surface area contributed by atoms with Gasteiger partial charge >= 0.3 is 0 Å². The second-order valence-electron chi connectivity index (χ2n) is 7.15. The van der Waals surface area contributed by atoms with Crippen LogP contribution in [-0.2, 0) is 0 Å². The molecule has 0 bridgehead atoms. The molecule has 0 aliphatic carbocycles. The van der Waals surface area contributed by atoms with E-state index in [1.807, 2.05) is 19.1 Å². The summed E-state index contributed by atoms with van der Waals surface area (Å²) in [5.74, 6) is 1.04. The number of nitrogens with one attached hydrogen (secondary N) is 2. The molecule has 2 heterocycles. The molecule has 0 unspecified atom stereocenters. The van der Waals surface area contributed by atoms with Gasteiger partial charge in [-0.1, -0.05) is 23.8 Å². The minimum Gasteiger partial charge on any atom is -0.507 e. The molecule has 5 nitrogen and oxygen atoms in total. The normalized spacial score (nSPS) is 17.4. The molecule has 0 saturated carbocycles. The number of aryl methyl sites for hydroxylation is 2. The summed E-state index contributed by atoms with van der Waals surface area (Å²) in [4.78, 5) is 0. The molecule has 0 radical (unpaired) electrons. The summed E-state index contributed by atoms with van der Waals surface area (Å²) in [7, 11) is 0. The largest absolute Gasteiger partial charge is 0.507 e. The molecular formula is C21H24N4O. The molecule has 0 amide bonds. The minimum absolute atomic E-state index is 0.235. The summed E-state index contributed by atoms with van der Waals surface area (Å²) in [5, 5.41) is 28.4. The molecule has 4 rings (SSSR count). The highest BCUT2D eigenvalue weighted by Crippen LogP contribution is 2.35. The smallest absolute Gasteiger partial charge is 0.156 e. The quantitative estimate of drug-likeness (QED) is 0.672. The lowest BCUT2D eigenvalue weighted by Crippen LogP contribution is -2.38. The van der Waals surface area contributed by atoms with Crippen molar-refractivity contribution in [2.75, 3.05) is 18.4 Å². The number of hydrogen-bond acceptors (Lipinski definition) is 5. The number of nitrogens with zero attached hydrogens (tertiary/aromatic N) is 2. The van der Waals surface area contributed by atoms with Gasteiger partial charge in [0.05, 0.1) is 0 Å². The predicted octanol–water partition coefficient (Wildman–Crippen LogP) is 3.78. The summed E-state index contributed by atoms with van der Waals surface area (Å²) in [6.07, 6.45) is 2.29. The van der Waals surface area contributed by atoms with Gasteiger partial charge in [0.2, 0.25) is 0 Å². The van der Waals surface area contributed by atoms with E-state index in [1.54, 1.807) is 6.07 Å². The Morgan fingerprint density at radius 1 is 1.04 bits per heavy atom. The number of piperidine rings is 1. The van der Waals surface area contributed by atoms with E-state index in [1.165, 1.54) is 0 Å². The lowest BCUT2D eigenvalue weighted by atomic mass is 10.0. The summed E-state index contributed by atoms with van der Waals surface area (Å²) in [5.41, 5.74) is 3.60. The van der Waals surface area contributed by atoms with Crippen molar-refractivity contribution < 1.29 is 5.11 Å². The van der Waals surface area contributed by atoms with E-state index in [9.17, 15) is 5.11 Å². The molecule has 1 aromatic heterocycles. The molecule has 1 saturated heterocycles. The van der Waals surface area contributed by atoms with Crippen LogP contribution in [-0.4, -0.2) is 34.4 Å². The van der Waals surface area contributed by atoms with Crippen LogP contribution in [0, 0.1) is 13.8 Å². The molecule has 3 aromatic rings. The van der Waals surface area contributed by atoms with E-state index < -0.39 is 0 Å². The summed E-state index contributed by atoms with van der Waals surface area (Å²) < 4.78 is 0. The summed E-state index contributed by atoms with van der Waals surface area (Å²) in [6.45, 7) is 6.05. The van der Waals surface area contributed by atoms with Crippen LogP contribution >= 0.6 is 0 Å². The molecule has 26 heavy (non-hydrogen) atoms. The Morgan fingerprint density at radius 3 is 2.62 bits per heavy atom. The second-order valence-corrected chi connectivity index (χ2v) is 7.15. The second kappa shape index (κ2) is 6.92. The standard InChI is InChI=1S/C21H24N4O/c1-13-5-7-16-18(10-13)20(17-8-6-14(2)11-19(17)26)24-25-21(16)23-15-4-3-9-22-12-15/h5-8,10-11,15,22,26H,3-4,9,12H2,1-2H3,(H,23,25)/t15-/m1/s1. The Labute approximate surface area is 153 Å². The number of aromatic hydroxyl groups is 1. The zero-order valence-electron chi connectivity index (χ0n) is 15.2. The lowest BCUT2D eigenvalue weighted by Gasteiger charge is -2.25. The van der Waals surface area contributed by atoms with E-state index in [0.29, 0.717) is 17.3 Å². The average molecular weight is 348 g/mol. The van der Waals surface area contributed by atoms with Gasteiger partial charge < -0.3 is 15.7 Å². The minimum atomic E-state index is 0.235. The zero-order chi connectivity index (χ0) is 18.1. The maximum atomic E-state index is 10.4. The summed E-state index contributed by atoms with van der Waals surface area (Å²) in [6, 6.07) is 12.3. The number of anilines is 1. The Hall–Kier alpha value is -2.66. The van der Waals surface area contributed by atoms with Crippen LogP contribution in [0.25, 0.3) is 22.0 Å². The van der Waals surface area contributed by atoms with Gasteiger partial charge in [0, 0.05) is 28.9 Å². The number of rotatable bonds is 3. The molecular weight excluding hydrogens is 324 g/mol. The third kappa shape index (κ3) is 3.22. The number of phenols is 1. The Kier molecular flexibility index (Phi) is 4.47. The SMILES string of the molecule is Cc1ccc(-c2nnc(N[C@@H]3CCCNC3)c3ccc(C)cc23)c(O)c1. The van der Waals surface area contributed by atoms with Crippen molar-refractivity contribution in [3.05, 3.63) is 47.5 Å². The van der Waals surface area contributed by atoms with Crippen molar-refractivity contribution in [1.29, 1.82) is 0 Å². The van der Waals surface area contributed by atoms with Crippen LogP contribution in [0.2, 0.25) is 0 Å². The predicted molar refractivity (Wildman–Crippen MR) is 106 cm³/mol. The first-order chi connectivity index (χ1) is 12.6. The fourth-order valence-electron chi connectivity index (χ4n) is 3.58. The fraction of sp³-hybridized carbons (Fsp3) is 0.333. The van der Waals surface area contributed by atoms with Crippen molar-refractivity contribution in [3.8, 4) is 17.0 Å². The van der Waals surface area contributed by atoms with E-state index in [0.717, 1.165) is 53.6 Å². The number of fused-ring (bicyclic) bond motifs is 1. The van der Waals surface area contributed by atoms with Crippen LogP contribution < -0.4 is 10.6 Å². The molecule has 5 heteroatoms. The van der Waals surface area contributed by atoms with Gasteiger partial charge in [-0.25, -0.2) is 0 Å². The molecule has 1 aliphatic heterocycles. The van der Waals surface area contributed by atoms with E-state index >= 15 is 0 Å². The van der Waals surface area contributed by atoms with Gasteiger partial charge in [0.25, 0.3) is 0 Å². The van der Waals surface area contributed by atoms with Gasteiger partial charge in [0.15, 0.2) is 5.82 Å². The number of benzene rings is 2. The van der Waals surface area contributed by atoms with Crippen LogP contribution in [0.15, 0.2) is 36.4 Å². The number of hydrogen-bond donors (Lipinski definition) is 3. The van der Waals surface area contributed by atoms with Crippen LogP contribution in [0.3, 0.4) is 0 Å². The van der Waals surface area contributed by atoms with Crippen LogP contribution in [0.1, 0.15) is 24.0 Å². The van der Waals surface area contributed by atoms with Gasteiger partial charge in [-0.2, -0.15) is 0 Å². The molecule has 2 aromatic carbocycles. The van der Waals surface area contributed by atoms with Crippen molar-refractivity contribution in [2.24, 2.45) is 0 Å². The Balaban J connectivity index is 1.82. The van der Waals surface area contributed by atoms with Gasteiger partial charge in [-0.05, 0) is 57.0 Å². The topological polar surface area (TPSA) is 70.1 Å². The highest BCUT2D eigenvalue weighted by molar-refractivity contribution is 6.01. The zero-order valence-corrected chi connectivity index (χ0v) is 15.2. The lowest BCUT2D eigenvalue weighted by molar-refractivity contribution is 0.476. The Bertz CT molecular complexity index is 948. The van der Waals surface area contributed by atoms with Crippen LogP contribution in [0.5, 0.6) is 5.75 Å². The third-order valence-electron chi connectivity index (χ3n) is 4.98. The molecule has 3 N–H and O–H groups in total. The molecule has 0 spiro atoms. The highest BCUT2D eigenvalue weighted by atomic mass is 16.3. The monoisotopic (exact) mass is 348 g/mol. The highest BCUT2D eigenvalue weighted by Gasteiger charge is 2.18. The Morgan fingerprint density at radius 2 is 1.85 bits per heavy atom. The summed E-state index contributed by atoms with van der Waals surface area (Å²) >= 11 is 0. The third-order valence-corrected chi connectivity index (χ3v) is 4.98. The first kappa shape index (κ1) is 16.8. The van der Waals surface area contributed by atoms with E-state index in [-0.39, 0.29) is 5.75 Å². The van der Waals surface area contributed by atoms with E-state index in [4.69, 9.17) is 0 Å². The van der Waals surface area contributed by atoms with Crippen molar-refractivity contribution in [1.82, 2.24) is 15.5 Å². The van der Waals surface area contributed by atoms with Crippen molar-refractivity contribution in [2.45, 2.75) is 32.7 Å². The first-order valence-corrected chi connectivity index (χ1v) is 9.16. The average Bonchev–Trinajstić information content (AvgIpc) is 2.63. The van der Waals surface area contributed by atoms with Crippen molar-refractivity contribution >= 4 is 16.6 Å². The maximum absolute atomic E-state index is 10.4. The van der Waals surface area contributed by atoms with Crippen LogP contribution in [0.4, 0.5) is 5.82 Å². The fourth-order valence-corrected chi connectivity index (χ4v) is 3.58.